The number of halogens is 1. The summed E-state index contributed by atoms with van der Waals surface area (Å²) in [5.74, 6) is 2.06. The molecule has 1 aliphatic rings. The van der Waals surface area contributed by atoms with E-state index in [1.807, 2.05) is 0 Å². The summed E-state index contributed by atoms with van der Waals surface area (Å²) in [5, 5.41) is 2.65. The molecule has 2 heterocycles. The molecular formula is C10H6ClNO3S. The Balaban J connectivity index is 1.85. The first-order chi connectivity index (χ1) is 7.81. The predicted molar refractivity (Wildman–Crippen MR) is 59.8 cm³/mol. The lowest BCUT2D eigenvalue weighted by Crippen LogP contribution is -1.92. The second-order valence-electron chi connectivity index (χ2n) is 3.05. The minimum atomic E-state index is 0.252. The monoisotopic (exact) mass is 255 g/mol. The van der Waals surface area contributed by atoms with Crippen molar-refractivity contribution in [3.8, 4) is 22.4 Å². The fraction of sp³-hybridized carbons (Fsp3) is 0.100. The highest BCUT2D eigenvalue weighted by molar-refractivity contribution is 7.11. The lowest BCUT2D eigenvalue weighted by Gasteiger charge is -2.02. The second-order valence-corrected chi connectivity index (χ2v) is 4.26. The number of thiazole rings is 1. The highest BCUT2D eigenvalue weighted by atomic mass is 35.5. The zero-order chi connectivity index (χ0) is 11.0. The molecule has 0 spiro atoms. The van der Waals surface area contributed by atoms with Gasteiger partial charge in [0.1, 0.15) is 10.9 Å². The minimum Gasteiger partial charge on any atom is -0.454 e. The maximum Gasteiger partial charge on any atom is 0.280 e. The third kappa shape index (κ3) is 1.79. The molecule has 0 aliphatic carbocycles. The Morgan fingerprint density at radius 2 is 2.19 bits per heavy atom. The van der Waals surface area contributed by atoms with Crippen LogP contribution in [-0.4, -0.2) is 11.8 Å². The summed E-state index contributed by atoms with van der Waals surface area (Å²) in [6.45, 7) is 0.252. The summed E-state index contributed by atoms with van der Waals surface area (Å²) in [6, 6.07) is 5.35. The quantitative estimate of drug-likeness (QED) is 0.825. The van der Waals surface area contributed by atoms with Gasteiger partial charge in [0, 0.05) is 11.4 Å². The van der Waals surface area contributed by atoms with Crippen molar-refractivity contribution in [3.05, 3.63) is 28.7 Å². The first kappa shape index (κ1) is 9.74. The first-order valence-electron chi connectivity index (χ1n) is 4.50. The van der Waals surface area contributed by atoms with E-state index in [9.17, 15) is 0 Å². The molecule has 4 nitrogen and oxygen atoms in total. The van der Waals surface area contributed by atoms with E-state index in [1.54, 1.807) is 23.6 Å². The van der Waals surface area contributed by atoms with Gasteiger partial charge in [-0.05, 0) is 12.1 Å². The Bertz CT molecular complexity index is 529. The zero-order valence-electron chi connectivity index (χ0n) is 7.97. The van der Waals surface area contributed by atoms with Crippen LogP contribution >= 0.6 is 22.9 Å². The van der Waals surface area contributed by atoms with Gasteiger partial charge in [-0.3, -0.25) is 0 Å². The molecule has 1 aliphatic heterocycles. The summed E-state index contributed by atoms with van der Waals surface area (Å²) in [4.78, 5) is 3.99. The third-order valence-corrected chi connectivity index (χ3v) is 3.04. The summed E-state index contributed by atoms with van der Waals surface area (Å²) in [5.41, 5.74) is 0. The van der Waals surface area contributed by atoms with Crippen molar-refractivity contribution in [3.63, 3.8) is 0 Å². The fourth-order valence-corrected chi connectivity index (χ4v) is 2.13. The van der Waals surface area contributed by atoms with Crippen LogP contribution in [0.2, 0.25) is 5.15 Å². The second kappa shape index (κ2) is 3.84. The number of rotatable bonds is 2. The molecule has 0 bridgehead atoms. The number of aromatic nitrogens is 1. The zero-order valence-corrected chi connectivity index (χ0v) is 9.55. The number of hydrogen-bond acceptors (Lipinski definition) is 5. The molecular weight excluding hydrogens is 250 g/mol. The predicted octanol–water partition coefficient (Wildman–Crippen LogP) is 3.32. The largest absolute Gasteiger partial charge is 0.454 e. The average molecular weight is 256 g/mol. The van der Waals surface area contributed by atoms with Gasteiger partial charge in [0.25, 0.3) is 5.19 Å². The number of benzene rings is 1. The normalized spacial score (nSPS) is 12.8. The van der Waals surface area contributed by atoms with Crippen molar-refractivity contribution >= 4 is 22.9 Å². The van der Waals surface area contributed by atoms with E-state index in [0.717, 1.165) is 5.75 Å². The van der Waals surface area contributed by atoms with Gasteiger partial charge in [-0.25, -0.2) is 0 Å². The van der Waals surface area contributed by atoms with E-state index in [1.165, 1.54) is 11.3 Å². The van der Waals surface area contributed by atoms with Crippen molar-refractivity contribution in [1.82, 2.24) is 4.98 Å². The molecule has 0 amide bonds. The summed E-state index contributed by atoms with van der Waals surface area (Å²) in [6.07, 6.45) is 0. The Kier molecular flexibility index (Phi) is 2.34. The van der Waals surface area contributed by atoms with Gasteiger partial charge in [0.15, 0.2) is 11.5 Å². The number of ether oxygens (including phenoxy) is 3. The Morgan fingerprint density at radius 3 is 3.00 bits per heavy atom. The van der Waals surface area contributed by atoms with Crippen LogP contribution in [0.3, 0.4) is 0 Å². The molecule has 0 saturated heterocycles. The van der Waals surface area contributed by atoms with Crippen LogP contribution in [0.25, 0.3) is 0 Å². The van der Waals surface area contributed by atoms with Crippen LogP contribution in [0.1, 0.15) is 0 Å². The minimum absolute atomic E-state index is 0.252. The topological polar surface area (TPSA) is 40.6 Å². The van der Waals surface area contributed by atoms with Crippen LogP contribution in [0.5, 0.6) is 22.4 Å². The van der Waals surface area contributed by atoms with Gasteiger partial charge in [0.2, 0.25) is 6.79 Å². The molecule has 0 unspecified atom stereocenters. The van der Waals surface area contributed by atoms with Crippen molar-refractivity contribution in [2.75, 3.05) is 6.79 Å². The van der Waals surface area contributed by atoms with Crippen molar-refractivity contribution in [1.29, 1.82) is 0 Å². The third-order valence-electron chi connectivity index (χ3n) is 2.00. The maximum atomic E-state index is 5.70. The number of nitrogens with zero attached hydrogens (tertiary/aromatic N) is 1. The van der Waals surface area contributed by atoms with Gasteiger partial charge >= 0.3 is 0 Å². The van der Waals surface area contributed by atoms with Crippen molar-refractivity contribution in [2.24, 2.45) is 0 Å². The SMILES string of the molecule is Clc1csc(Oc2ccc3c(c2)OCO3)n1. The average Bonchev–Trinajstić information content (AvgIpc) is 2.87. The Labute approximate surface area is 100 Å². The Hall–Kier alpha value is -1.46. The molecule has 1 aromatic carbocycles. The summed E-state index contributed by atoms with van der Waals surface area (Å²) in [7, 11) is 0. The van der Waals surface area contributed by atoms with Crippen LogP contribution in [0.15, 0.2) is 23.6 Å². The maximum absolute atomic E-state index is 5.70. The summed E-state index contributed by atoms with van der Waals surface area (Å²) >= 11 is 7.04. The van der Waals surface area contributed by atoms with Crippen molar-refractivity contribution in [2.45, 2.75) is 0 Å². The number of hydrogen-bond donors (Lipinski definition) is 0. The molecule has 1 aromatic heterocycles. The van der Waals surface area contributed by atoms with Gasteiger partial charge < -0.3 is 14.2 Å². The molecule has 82 valence electrons. The first-order valence-corrected chi connectivity index (χ1v) is 5.75. The van der Waals surface area contributed by atoms with E-state index >= 15 is 0 Å². The molecule has 3 rings (SSSR count). The highest BCUT2D eigenvalue weighted by Gasteiger charge is 2.14. The van der Waals surface area contributed by atoms with Gasteiger partial charge in [-0.2, -0.15) is 4.98 Å². The molecule has 0 atom stereocenters. The van der Waals surface area contributed by atoms with Crippen LogP contribution < -0.4 is 14.2 Å². The smallest absolute Gasteiger partial charge is 0.280 e. The van der Waals surface area contributed by atoms with E-state index in [0.29, 0.717) is 21.8 Å². The lowest BCUT2D eigenvalue weighted by atomic mass is 10.3. The standard InChI is InChI=1S/C10H6ClNO3S/c11-9-4-16-10(12-9)15-6-1-2-7-8(3-6)14-5-13-7/h1-4H,5H2. The summed E-state index contributed by atoms with van der Waals surface area (Å²) < 4.78 is 15.9. The van der Waals surface area contributed by atoms with Crippen molar-refractivity contribution < 1.29 is 14.2 Å². The van der Waals surface area contributed by atoms with Gasteiger partial charge in [-0.15, -0.1) is 0 Å². The van der Waals surface area contributed by atoms with Crippen LogP contribution in [0.4, 0.5) is 0 Å². The van der Waals surface area contributed by atoms with Crippen LogP contribution in [-0.2, 0) is 0 Å². The molecule has 0 fully saturated rings. The van der Waals surface area contributed by atoms with Gasteiger partial charge in [0.05, 0.1) is 0 Å². The molecule has 0 saturated carbocycles. The van der Waals surface area contributed by atoms with E-state index < -0.39 is 0 Å². The van der Waals surface area contributed by atoms with Crippen LogP contribution in [0, 0.1) is 0 Å². The van der Waals surface area contributed by atoms with E-state index in [4.69, 9.17) is 25.8 Å². The Morgan fingerprint density at radius 1 is 1.31 bits per heavy atom. The molecule has 6 heteroatoms. The van der Waals surface area contributed by atoms with E-state index in [-0.39, 0.29) is 6.79 Å². The fourth-order valence-electron chi connectivity index (χ4n) is 1.33. The molecule has 0 radical (unpaired) electrons. The van der Waals surface area contributed by atoms with Gasteiger partial charge in [-0.1, -0.05) is 22.9 Å². The van der Waals surface area contributed by atoms with E-state index in [2.05, 4.69) is 4.98 Å². The number of fused-ring (bicyclic) bond motifs is 1. The molecule has 2 aromatic rings. The lowest BCUT2D eigenvalue weighted by molar-refractivity contribution is 0.174. The highest BCUT2D eigenvalue weighted by Crippen LogP contribution is 2.37. The molecule has 16 heavy (non-hydrogen) atoms. The molecule has 0 N–H and O–H groups in total.